The van der Waals surface area contributed by atoms with Crippen LogP contribution in [-0.2, 0) is 0 Å². The Bertz CT molecular complexity index is 553. The van der Waals surface area contributed by atoms with Gasteiger partial charge in [-0.2, -0.15) is 0 Å². The molecule has 0 amide bonds. The molecule has 0 aromatic heterocycles. The molecule has 0 bridgehead atoms. The number of rotatable bonds is 4. The Hall–Kier alpha value is -1.86. The average molecular weight is 251 g/mol. The van der Waals surface area contributed by atoms with Crippen LogP contribution in [0.5, 0.6) is 0 Å². The SMILES string of the molecule is Cc1ccccc1C(=CCN(C)C)c1ccccc1. The maximum absolute atomic E-state index is 2.30. The second kappa shape index (κ2) is 6.35. The highest BCUT2D eigenvalue weighted by molar-refractivity contribution is 5.81. The summed E-state index contributed by atoms with van der Waals surface area (Å²) in [7, 11) is 4.19. The monoisotopic (exact) mass is 251 g/mol. The summed E-state index contributed by atoms with van der Waals surface area (Å²) >= 11 is 0. The molecule has 0 saturated carbocycles. The van der Waals surface area contributed by atoms with Gasteiger partial charge in [0.05, 0.1) is 0 Å². The molecule has 0 spiro atoms. The fourth-order valence-corrected chi connectivity index (χ4v) is 2.15. The van der Waals surface area contributed by atoms with Gasteiger partial charge in [0.15, 0.2) is 0 Å². The summed E-state index contributed by atoms with van der Waals surface area (Å²) < 4.78 is 0. The van der Waals surface area contributed by atoms with Crippen LogP contribution in [0.15, 0.2) is 60.7 Å². The molecule has 0 saturated heterocycles. The van der Waals surface area contributed by atoms with Crippen molar-refractivity contribution in [3.63, 3.8) is 0 Å². The van der Waals surface area contributed by atoms with E-state index in [2.05, 4.69) is 86.6 Å². The molecular weight excluding hydrogens is 230 g/mol. The van der Waals surface area contributed by atoms with Crippen molar-refractivity contribution in [1.82, 2.24) is 4.90 Å². The van der Waals surface area contributed by atoms with Gasteiger partial charge in [-0.15, -0.1) is 0 Å². The van der Waals surface area contributed by atoms with E-state index in [1.54, 1.807) is 0 Å². The number of likely N-dealkylation sites (N-methyl/N-ethyl adjacent to an activating group) is 1. The molecule has 0 radical (unpaired) electrons. The zero-order valence-electron chi connectivity index (χ0n) is 11.9. The van der Waals surface area contributed by atoms with E-state index in [-0.39, 0.29) is 0 Å². The first kappa shape index (κ1) is 13.6. The topological polar surface area (TPSA) is 3.24 Å². The van der Waals surface area contributed by atoms with Gasteiger partial charge in [0.25, 0.3) is 0 Å². The lowest BCUT2D eigenvalue weighted by molar-refractivity contribution is 0.457. The van der Waals surface area contributed by atoms with Crippen molar-refractivity contribution in [1.29, 1.82) is 0 Å². The minimum Gasteiger partial charge on any atom is -0.306 e. The quantitative estimate of drug-likeness (QED) is 0.794. The maximum atomic E-state index is 2.30. The van der Waals surface area contributed by atoms with Crippen molar-refractivity contribution >= 4 is 5.57 Å². The number of nitrogens with zero attached hydrogens (tertiary/aromatic N) is 1. The molecule has 0 unspecified atom stereocenters. The molecule has 0 atom stereocenters. The van der Waals surface area contributed by atoms with Crippen molar-refractivity contribution in [3.05, 3.63) is 77.4 Å². The first-order valence-electron chi connectivity index (χ1n) is 6.65. The summed E-state index contributed by atoms with van der Waals surface area (Å²) in [4.78, 5) is 2.18. The number of aryl methyl sites for hydroxylation is 1. The fraction of sp³-hybridized carbons (Fsp3) is 0.222. The van der Waals surface area contributed by atoms with Crippen molar-refractivity contribution < 1.29 is 0 Å². The molecule has 1 nitrogen and oxygen atoms in total. The predicted molar refractivity (Wildman–Crippen MR) is 83.3 cm³/mol. The smallest absolute Gasteiger partial charge is 0.0166 e. The van der Waals surface area contributed by atoms with Crippen molar-refractivity contribution in [2.45, 2.75) is 6.92 Å². The number of hydrogen-bond acceptors (Lipinski definition) is 1. The van der Waals surface area contributed by atoms with E-state index in [1.165, 1.54) is 22.3 Å². The summed E-state index contributed by atoms with van der Waals surface area (Å²) in [6.07, 6.45) is 2.30. The third kappa shape index (κ3) is 3.55. The lowest BCUT2D eigenvalue weighted by atomic mass is 9.94. The van der Waals surface area contributed by atoms with E-state index in [0.29, 0.717) is 0 Å². The lowest BCUT2D eigenvalue weighted by Crippen LogP contribution is -2.11. The average Bonchev–Trinajstić information content (AvgIpc) is 2.42. The minimum absolute atomic E-state index is 0.943. The van der Waals surface area contributed by atoms with Crippen molar-refractivity contribution in [2.24, 2.45) is 0 Å². The second-order valence-corrected chi connectivity index (χ2v) is 5.06. The highest BCUT2D eigenvalue weighted by Gasteiger charge is 2.06. The van der Waals surface area contributed by atoms with Gasteiger partial charge in [0.1, 0.15) is 0 Å². The Kier molecular flexibility index (Phi) is 4.53. The van der Waals surface area contributed by atoms with E-state index in [4.69, 9.17) is 0 Å². The zero-order valence-corrected chi connectivity index (χ0v) is 11.9. The second-order valence-electron chi connectivity index (χ2n) is 5.06. The Morgan fingerprint density at radius 2 is 1.58 bits per heavy atom. The van der Waals surface area contributed by atoms with Crippen LogP contribution < -0.4 is 0 Å². The van der Waals surface area contributed by atoms with E-state index >= 15 is 0 Å². The van der Waals surface area contributed by atoms with Gasteiger partial charge in [-0.25, -0.2) is 0 Å². The van der Waals surface area contributed by atoms with Crippen LogP contribution in [0.4, 0.5) is 0 Å². The summed E-state index contributed by atoms with van der Waals surface area (Å²) in [5, 5.41) is 0. The molecule has 0 fully saturated rings. The minimum atomic E-state index is 0.943. The van der Waals surface area contributed by atoms with E-state index in [0.717, 1.165) is 6.54 Å². The summed E-state index contributed by atoms with van der Waals surface area (Å²) in [5.41, 5.74) is 5.22. The van der Waals surface area contributed by atoms with E-state index in [9.17, 15) is 0 Å². The van der Waals surface area contributed by atoms with Crippen LogP contribution in [0.3, 0.4) is 0 Å². The molecule has 19 heavy (non-hydrogen) atoms. The van der Waals surface area contributed by atoms with Gasteiger partial charge in [-0.05, 0) is 43.3 Å². The van der Waals surface area contributed by atoms with Crippen LogP contribution >= 0.6 is 0 Å². The lowest BCUT2D eigenvalue weighted by Gasteiger charge is -2.13. The van der Waals surface area contributed by atoms with Gasteiger partial charge in [0.2, 0.25) is 0 Å². The molecule has 2 rings (SSSR count). The van der Waals surface area contributed by atoms with Crippen molar-refractivity contribution in [3.8, 4) is 0 Å². The van der Waals surface area contributed by atoms with Crippen LogP contribution in [-0.4, -0.2) is 25.5 Å². The van der Waals surface area contributed by atoms with Gasteiger partial charge >= 0.3 is 0 Å². The largest absolute Gasteiger partial charge is 0.306 e. The van der Waals surface area contributed by atoms with Gasteiger partial charge in [-0.3, -0.25) is 0 Å². The third-order valence-corrected chi connectivity index (χ3v) is 3.18. The number of hydrogen-bond donors (Lipinski definition) is 0. The van der Waals surface area contributed by atoms with Crippen LogP contribution in [0, 0.1) is 6.92 Å². The zero-order chi connectivity index (χ0) is 13.7. The van der Waals surface area contributed by atoms with Gasteiger partial charge in [0, 0.05) is 6.54 Å². The molecule has 0 N–H and O–H groups in total. The first-order chi connectivity index (χ1) is 9.18. The fourth-order valence-electron chi connectivity index (χ4n) is 2.15. The van der Waals surface area contributed by atoms with Crippen LogP contribution in [0.2, 0.25) is 0 Å². The highest BCUT2D eigenvalue weighted by atomic mass is 15.0. The molecular formula is C18H21N. The predicted octanol–water partition coefficient (Wildman–Crippen LogP) is 3.99. The van der Waals surface area contributed by atoms with Gasteiger partial charge < -0.3 is 4.90 Å². The Morgan fingerprint density at radius 1 is 0.947 bits per heavy atom. The van der Waals surface area contributed by atoms with Gasteiger partial charge in [-0.1, -0.05) is 60.7 Å². The summed E-state index contributed by atoms with van der Waals surface area (Å²) in [5.74, 6) is 0. The molecule has 0 aliphatic rings. The van der Waals surface area contributed by atoms with E-state index < -0.39 is 0 Å². The Morgan fingerprint density at radius 3 is 2.21 bits per heavy atom. The summed E-state index contributed by atoms with van der Waals surface area (Å²) in [6.45, 7) is 3.11. The van der Waals surface area contributed by atoms with Crippen LogP contribution in [0.25, 0.3) is 5.57 Å². The molecule has 1 heteroatoms. The summed E-state index contributed by atoms with van der Waals surface area (Å²) in [6, 6.07) is 19.2. The molecule has 2 aromatic carbocycles. The molecule has 98 valence electrons. The Balaban J connectivity index is 2.47. The van der Waals surface area contributed by atoms with E-state index in [1.807, 2.05) is 0 Å². The molecule has 0 aliphatic carbocycles. The maximum Gasteiger partial charge on any atom is 0.0166 e. The third-order valence-electron chi connectivity index (χ3n) is 3.18. The molecule has 0 aliphatic heterocycles. The standard InChI is InChI=1S/C18H21N/c1-15-9-7-8-12-17(15)18(13-14-19(2)3)16-10-5-4-6-11-16/h4-13H,14H2,1-3H3. The normalized spacial score (nSPS) is 11.9. The molecule has 2 aromatic rings. The van der Waals surface area contributed by atoms with Crippen molar-refractivity contribution in [2.75, 3.05) is 20.6 Å². The first-order valence-corrected chi connectivity index (χ1v) is 6.65. The molecule has 0 heterocycles. The highest BCUT2D eigenvalue weighted by Crippen LogP contribution is 2.25. The van der Waals surface area contributed by atoms with Crippen LogP contribution in [0.1, 0.15) is 16.7 Å². The Labute approximate surface area is 116 Å². The number of benzene rings is 2.